The molecule has 1 saturated heterocycles. The van der Waals surface area contributed by atoms with E-state index >= 15 is 0 Å². The third-order valence-corrected chi connectivity index (χ3v) is 4.44. The van der Waals surface area contributed by atoms with Gasteiger partial charge in [-0.1, -0.05) is 54.6 Å². The first-order chi connectivity index (χ1) is 12.0. The lowest BCUT2D eigenvalue weighted by Gasteiger charge is -2.39. The summed E-state index contributed by atoms with van der Waals surface area (Å²) in [5.41, 5.74) is 2.04. The van der Waals surface area contributed by atoms with Crippen molar-refractivity contribution in [3.05, 3.63) is 78.4 Å². The van der Waals surface area contributed by atoms with Crippen LogP contribution in [0, 0.1) is 0 Å². The Morgan fingerprint density at radius 1 is 0.800 bits per heavy atom. The molecule has 3 rings (SSSR count). The minimum absolute atomic E-state index is 0.355. The summed E-state index contributed by atoms with van der Waals surface area (Å²) in [5, 5.41) is 0. The highest BCUT2D eigenvalue weighted by molar-refractivity contribution is 5.46. The van der Waals surface area contributed by atoms with E-state index in [1.807, 2.05) is 48.5 Å². The maximum atomic E-state index is 12.7. The quantitative estimate of drug-likeness (QED) is 0.743. The molecule has 0 radical (unpaired) electrons. The van der Waals surface area contributed by atoms with Crippen LogP contribution in [-0.4, -0.2) is 37.3 Å². The maximum absolute atomic E-state index is 12.7. The predicted octanol–water partition coefficient (Wildman–Crippen LogP) is 4.67. The molecule has 0 N–H and O–H groups in total. The molecule has 132 valence electrons. The zero-order valence-electron chi connectivity index (χ0n) is 13.9. The summed E-state index contributed by atoms with van der Waals surface area (Å²) in [6.45, 7) is 3.04. The monoisotopic (exact) mass is 346 g/mol. The van der Waals surface area contributed by atoms with Crippen LogP contribution in [0.1, 0.15) is 11.6 Å². The zero-order chi connectivity index (χ0) is 17.7. The number of hydrogen-bond donors (Lipinski definition) is 0. The van der Waals surface area contributed by atoms with Gasteiger partial charge in [-0.2, -0.15) is 13.2 Å². The van der Waals surface area contributed by atoms with E-state index in [0.717, 1.165) is 37.4 Å². The molecular formula is C20H21F3N2. The van der Waals surface area contributed by atoms with Gasteiger partial charge in [0, 0.05) is 37.9 Å². The lowest BCUT2D eigenvalue weighted by atomic mass is 10.0. The van der Waals surface area contributed by atoms with Crippen molar-refractivity contribution in [2.24, 2.45) is 0 Å². The molecule has 1 fully saturated rings. The third kappa shape index (κ3) is 4.86. The number of piperazine rings is 1. The first-order valence-electron chi connectivity index (χ1n) is 8.38. The van der Waals surface area contributed by atoms with Crippen LogP contribution >= 0.6 is 0 Å². The van der Waals surface area contributed by atoms with E-state index in [2.05, 4.69) is 21.9 Å². The smallest absolute Gasteiger partial charge is 0.369 e. The van der Waals surface area contributed by atoms with E-state index in [1.54, 1.807) is 0 Å². The molecule has 2 aromatic rings. The minimum Gasteiger partial charge on any atom is -0.369 e. The highest BCUT2D eigenvalue weighted by Gasteiger charge is 2.27. The lowest BCUT2D eigenvalue weighted by molar-refractivity contribution is -0.0803. The molecule has 0 spiro atoms. The van der Waals surface area contributed by atoms with E-state index in [9.17, 15) is 13.2 Å². The second-order valence-corrected chi connectivity index (χ2v) is 6.11. The summed E-state index contributed by atoms with van der Waals surface area (Å²) in [6.07, 6.45) is -2.67. The Labute approximate surface area is 146 Å². The Kier molecular flexibility index (Phi) is 5.43. The van der Waals surface area contributed by atoms with Crippen molar-refractivity contribution in [2.45, 2.75) is 12.2 Å². The highest BCUT2D eigenvalue weighted by Crippen LogP contribution is 2.27. The highest BCUT2D eigenvalue weighted by atomic mass is 19.4. The average Bonchev–Trinajstić information content (AvgIpc) is 2.63. The fourth-order valence-electron chi connectivity index (χ4n) is 3.19. The van der Waals surface area contributed by atoms with Crippen LogP contribution in [0.15, 0.2) is 72.8 Å². The van der Waals surface area contributed by atoms with Crippen molar-refractivity contribution in [3.63, 3.8) is 0 Å². The number of benzene rings is 2. The van der Waals surface area contributed by atoms with E-state index in [0.29, 0.717) is 6.08 Å². The van der Waals surface area contributed by atoms with Crippen LogP contribution < -0.4 is 4.90 Å². The van der Waals surface area contributed by atoms with Crippen molar-refractivity contribution in [1.29, 1.82) is 0 Å². The Balaban J connectivity index is 1.73. The van der Waals surface area contributed by atoms with Gasteiger partial charge in [0.15, 0.2) is 0 Å². The molecule has 0 aliphatic carbocycles. The summed E-state index contributed by atoms with van der Waals surface area (Å²) in [6, 6.07) is 19.1. The second kappa shape index (κ2) is 7.74. The topological polar surface area (TPSA) is 6.48 Å². The summed E-state index contributed by atoms with van der Waals surface area (Å²) in [4.78, 5) is 4.38. The van der Waals surface area contributed by atoms with Crippen LogP contribution in [0.5, 0.6) is 0 Å². The van der Waals surface area contributed by atoms with Crippen molar-refractivity contribution in [1.82, 2.24) is 4.90 Å². The summed E-state index contributed by atoms with van der Waals surface area (Å²) in [7, 11) is 0. The van der Waals surface area contributed by atoms with E-state index in [4.69, 9.17) is 0 Å². The fraction of sp³-hybridized carbons (Fsp3) is 0.300. The molecule has 1 aliphatic heterocycles. The van der Waals surface area contributed by atoms with Gasteiger partial charge < -0.3 is 4.90 Å². The number of halogens is 3. The summed E-state index contributed by atoms with van der Waals surface area (Å²) >= 11 is 0. The number of alkyl halides is 3. The molecule has 1 atom stereocenters. The van der Waals surface area contributed by atoms with Gasteiger partial charge in [-0.15, -0.1) is 0 Å². The SMILES string of the molecule is FC(F)(F)/C=C/[C@@H](c1ccccc1)N1CCN(c2ccccc2)CC1. The van der Waals surface area contributed by atoms with Gasteiger partial charge in [0.1, 0.15) is 0 Å². The Morgan fingerprint density at radius 3 is 1.92 bits per heavy atom. The molecule has 0 bridgehead atoms. The number of allylic oxidation sites excluding steroid dienone is 1. The fourth-order valence-corrected chi connectivity index (χ4v) is 3.19. The normalized spacial score (nSPS) is 17.8. The van der Waals surface area contributed by atoms with Gasteiger partial charge >= 0.3 is 6.18 Å². The lowest BCUT2D eigenvalue weighted by Crippen LogP contribution is -2.47. The minimum atomic E-state index is -4.29. The standard InChI is InChI=1S/C20H21F3N2/c21-20(22,23)12-11-19(17-7-3-1-4-8-17)25-15-13-24(14-16-25)18-9-5-2-6-10-18/h1-12,19H,13-16H2/b12-11+/t19-/m0/s1. The second-order valence-electron chi connectivity index (χ2n) is 6.11. The molecule has 1 aliphatic rings. The van der Waals surface area contributed by atoms with Gasteiger partial charge in [0.2, 0.25) is 0 Å². The van der Waals surface area contributed by atoms with E-state index in [1.165, 1.54) is 6.08 Å². The van der Waals surface area contributed by atoms with Crippen LogP contribution in [-0.2, 0) is 0 Å². The van der Waals surface area contributed by atoms with Crippen molar-refractivity contribution in [3.8, 4) is 0 Å². The van der Waals surface area contributed by atoms with Crippen LogP contribution in [0.2, 0.25) is 0 Å². The van der Waals surface area contributed by atoms with Crippen molar-refractivity contribution >= 4 is 5.69 Å². The first-order valence-corrected chi connectivity index (χ1v) is 8.38. The van der Waals surface area contributed by atoms with Gasteiger partial charge in [-0.05, 0) is 17.7 Å². The summed E-state index contributed by atoms with van der Waals surface area (Å²) in [5.74, 6) is 0. The van der Waals surface area contributed by atoms with Gasteiger partial charge in [0.05, 0.1) is 6.04 Å². The molecule has 25 heavy (non-hydrogen) atoms. The zero-order valence-corrected chi connectivity index (χ0v) is 13.9. The molecular weight excluding hydrogens is 325 g/mol. The molecule has 5 heteroatoms. The van der Waals surface area contributed by atoms with Gasteiger partial charge in [-0.25, -0.2) is 0 Å². The van der Waals surface area contributed by atoms with Gasteiger partial charge in [0.25, 0.3) is 0 Å². The predicted molar refractivity (Wildman–Crippen MR) is 94.6 cm³/mol. The van der Waals surface area contributed by atoms with Crippen LogP contribution in [0.3, 0.4) is 0 Å². The molecule has 0 saturated carbocycles. The number of hydrogen-bond acceptors (Lipinski definition) is 2. The number of anilines is 1. The number of rotatable bonds is 4. The van der Waals surface area contributed by atoms with Crippen LogP contribution in [0.25, 0.3) is 0 Å². The van der Waals surface area contributed by atoms with Gasteiger partial charge in [-0.3, -0.25) is 4.90 Å². The number of nitrogens with zero attached hydrogens (tertiary/aromatic N) is 2. The first kappa shape index (κ1) is 17.5. The van der Waals surface area contributed by atoms with Crippen LogP contribution in [0.4, 0.5) is 18.9 Å². The van der Waals surface area contributed by atoms with Crippen molar-refractivity contribution < 1.29 is 13.2 Å². The molecule has 0 amide bonds. The molecule has 1 heterocycles. The third-order valence-electron chi connectivity index (χ3n) is 4.44. The molecule has 0 aromatic heterocycles. The molecule has 0 unspecified atom stereocenters. The molecule has 2 nitrogen and oxygen atoms in total. The largest absolute Gasteiger partial charge is 0.409 e. The molecule has 2 aromatic carbocycles. The van der Waals surface area contributed by atoms with Crippen molar-refractivity contribution in [2.75, 3.05) is 31.1 Å². The Hall–Kier alpha value is -2.27. The maximum Gasteiger partial charge on any atom is 0.409 e. The van der Waals surface area contributed by atoms with E-state index in [-0.39, 0.29) is 6.04 Å². The average molecular weight is 346 g/mol. The van der Waals surface area contributed by atoms with E-state index < -0.39 is 6.18 Å². The summed E-state index contributed by atoms with van der Waals surface area (Å²) < 4.78 is 38.0. The Morgan fingerprint density at radius 2 is 1.36 bits per heavy atom. The Bertz CT molecular complexity index is 675. The number of para-hydroxylation sites is 1.